The largest absolute Gasteiger partial charge is 0.355 e. The number of aromatic nitrogens is 2. The quantitative estimate of drug-likeness (QED) is 0.496. The van der Waals surface area contributed by atoms with Crippen molar-refractivity contribution in [1.29, 1.82) is 0 Å². The van der Waals surface area contributed by atoms with E-state index in [4.69, 9.17) is 4.52 Å². The van der Waals surface area contributed by atoms with Crippen LogP contribution in [0.2, 0.25) is 0 Å². The van der Waals surface area contributed by atoms with E-state index in [2.05, 4.69) is 27.4 Å². The molecular weight excluding hydrogens is 208 g/mol. The summed E-state index contributed by atoms with van der Waals surface area (Å²) < 4.78 is 4.80. The lowest BCUT2D eigenvalue weighted by molar-refractivity contribution is -0.120. The average Bonchev–Trinajstić information content (AvgIpc) is 2.65. The first-order chi connectivity index (χ1) is 7.72. The van der Waals surface area contributed by atoms with Crippen molar-refractivity contribution in [3.05, 3.63) is 24.4 Å². The van der Waals surface area contributed by atoms with Gasteiger partial charge in [-0.25, -0.2) is 0 Å². The summed E-state index contributed by atoms with van der Waals surface area (Å²) >= 11 is 0. The first kappa shape index (κ1) is 12.4. The second-order valence-corrected chi connectivity index (χ2v) is 3.25. The smallest absolute Gasteiger partial charge is 0.233 e. The predicted octanol–water partition coefficient (Wildman–Crippen LogP) is -0.188. The zero-order valence-corrected chi connectivity index (χ0v) is 9.32. The van der Waals surface area contributed by atoms with E-state index in [1.165, 1.54) is 0 Å². The summed E-state index contributed by atoms with van der Waals surface area (Å²) in [6, 6.07) is 0. The highest BCUT2D eigenvalue weighted by molar-refractivity contribution is 5.77. The number of nitrogens with one attached hydrogen (secondary N) is 2. The molecule has 0 unspecified atom stereocenters. The van der Waals surface area contributed by atoms with E-state index in [1.54, 1.807) is 13.0 Å². The van der Waals surface area contributed by atoms with E-state index in [-0.39, 0.29) is 12.5 Å². The molecule has 2 N–H and O–H groups in total. The SMILES string of the molecule is C=CCNCC(=O)NCCc1noc(C)n1. The van der Waals surface area contributed by atoms with E-state index in [9.17, 15) is 4.79 Å². The van der Waals surface area contributed by atoms with Crippen molar-refractivity contribution in [3.63, 3.8) is 0 Å². The first-order valence-corrected chi connectivity index (χ1v) is 5.10. The lowest BCUT2D eigenvalue weighted by Crippen LogP contribution is -2.35. The maximum atomic E-state index is 11.2. The van der Waals surface area contributed by atoms with Crippen LogP contribution in [0.25, 0.3) is 0 Å². The fraction of sp³-hybridized carbons (Fsp3) is 0.500. The van der Waals surface area contributed by atoms with Gasteiger partial charge in [-0.05, 0) is 0 Å². The molecule has 1 heterocycles. The minimum Gasteiger partial charge on any atom is -0.355 e. The van der Waals surface area contributed by atoms with Gasteiger partial charge >= 0.3 is 0 Å². The fourth-order valence-electron chi connectivity index (χ4n) is 1.11. The van der Waals surface area contributed by atoms with Gasteiger partial charge in [-0.1, -0.05) is 11.2 Å². The number of hydrogen-bond donors (Lipinski definition) is 2. The minimum atomic E-state index is -0.0536. The van der Waals surface area contributed by atoms with Crippen molar-refractivity contribution in [2.75, 3.05) is 19.6 Å². The normalized spacial score (nSPS) is 10.1. The Morgan fingerprint density at radius 1 is 1.62 bits per heavy atom. The molecule has 1 aromatic rings. The molecule has 1 aromatic heterocycles. The molecular formula is C10H16N4O2. The van der Waals surface area contributed by atoms with Crippen LogP contribution in [0.1, 0.15) is 11.7 Å². The molecule has 0 bridgehead atoms. The number of nitrogens with zero attached hydrogens (tertiary/aromatic N) is 2. The Hall–Kier alpha value is -1.69. The van der Waals surface area contributed by atoms with Crippen molar-refractivity contribution < 1.29 is 9.32 Å². The second-order valence-electron chi connectivity index (χ2n) is 3.25. The molecule has 16 heavy (non-hydrogen) atoms. The Bertz CT molecular complexity index is 348. The molecule has 0 radical (unpaired) electrons. The van der Waals surface area contributed by atoms with Crippen molar-refractivity contribution in [2.45, 2.75) is 13.3 Å². The van der Waals surface area contributed by atoms with Gasteiger partial charge in [-0.2, -0.15) is 4.98 Å². The average molecular weight is 224 g/mol. The van der Waals surface area contributed by atoms with Crippen LogP contribution in [0.5, 0.6) is 0 Å². The molecule has 0 fully saturated rings. The zero-order chi connectivity index (χ0) is 11.8. The summed E-state index contributed by atoms with van der Waals surface area (Å²) in [7, 11) is 0. The highest BCUT2D eigenvalue weighted by atomic mass is 16.5. The lowest BCUT2D eigenvalue weighted by Gasteiger charge is -2.03. The van der Waals surface area contributed by atoms with Crippen LogP contribution in [0.15, 0.2) is 17.2 Å². The highest BCUT2D eigenvalue weighted by Gasteiger charge is 2.03. The summed E-state index contributed by atoms with van der Waals surface area (Å²) in [4.78, 5) is 15.3. The number of aryl methyl sites for hydroxylation is 1. The van der Waals surface area contributed by atoms with Gasteiger partial charge in [0.05, 0.1) is 6.54 Å². The Morgan fingerprint density at radius 3 is 3.06 bits per heavy atom. The fourth-order valence-corrected chi connectivity index (χ4v) is 1.11. The third-order valence-electron chi connectivity index (χ3n) is 1.81. The van der Waals surface area contributed by atoms with E-state index >= 15 is 0 Å². The molecule has 88 valence electrons. The van der Waals surface area contributed by atoms with Crippen molar-refractivity contribution in [3.8, 4) is 0 Å². The van der Waals surface area contributed by atoms with Gasteiger partial charge in [0.25, 0.3) is 0 Å². The minimum absolute atomic E-state index is 0.0536. The Labute approximate surface area is 94.1 Å². The van der Waals surface area contributed by atoms with Gasteiger partial charge < -0.3 is 15.2 Å². The molecule has 0 aliphatic heterocycles. The third kappa shape index (κ3) is 4.70. The molecule has 6 nitrogen and oxygen atoms in total. The lowest BCUT2D eigenvalue weighted by atomic mass is 10.4. The predicted molar refractivity (Wildman–Crippen MR) is 58.8 cm³/mol. The van der Waals surface area contributed by atoms with Gasteiger partial charge in [0.2, 0.25) is 11.8 Å². The maximum absolute atomic E-state index is 11.2. The summed E-state index contributed by atoms with van der Waals surface area (Å²) in [6.07, 6.45) is 2.28. The molecule has 0 aliphatic carbocycles. The van der Waals surface area contributed by atoms with Gasteiger partial charge in [-0.3, -0.25) is 4.79 Å². The molecule has 6 heteroatoms. The van der Waals surface area contributed by atoms with Gasteiger partial charge in [0.15, 0.2) is 5.82 Å². The van der Waals surface area contributed by atoms with Crippen LogP contribution < -0.4 is 10.6 Å². The van der Waals surface area contributed by atoms with Crippen LogP contribution in [0.3, 0.4) is 0 Å². The van der Waals surface area contributed by atoms with Crippen LogP contribution in [0, 0.1) is 6.92 Å². The Balaban J connectivity index is 2.10. The summed E-state index contributed by atoms with van der Waals surface area (Å²) in [5.74, 6) is 1.09. The third-order valence-corrected chi connectivity index (χ3v) is 1.81. The van der Waals surface area contributed by atoms with E-state index in [0.29, 0.717) is 31.2 Å². The number of carbonyl (C=O) groups is 1. The number of carbonyl (C=O) groups excluding carboxylic acids is 1. The van der Waals surface area contributed by atoms with E-state index < -0.39 is 0 Å². The van der Waals surface area contributed by atoms with Gasteiger partial charge in [0.1, 0.15) is 0 Å². The summed E-state index contributed by atoms with van der Waals surface area (Å²) in [5, 5.41) is 9.37. The molecule has 0 aromatic carbocycles. The summed E-state index contributed by atoms with van der Waals surface area (Å²) in [6.45, 7) is 6.69. The molecule has 0 saturated carbocycles. The van der Waals surface area contributed by atoms with Crippen LogP contribution in [-0.4, -0.2) is 35.7 Å². The number of amides is 1. The van der Waals surface area contributed by atoms with E-state index in [1.807, 2.05) is 0 Å². The van der Waals surface area contributed by atoms with Crippen molar-refractivity contribution in [2.24, 2.45) is 0 Å². The van der Waals surface area contributed by atoms with Gasteiger partial charge in [0, 0.05) is 26.4 Å². The number of rotatable bonds is 7. The molecule has 0 atom stereocenters. The summed E-state index contributed by atoms with van der Waals surface area (Å²) in [5.41, 5.74) is 0. The zero-order valence-electron chi connectivity index (χ0n) is 9.32. The molecule has 0 aliphatic rings. The first-order valence-electron chi connectivity index (χ1n) is 5.10. The number of hydrogen-bond acceptors (Lipinski definition) is 5. The topological polar surface area (TPSA) is 80.0 Å². The van der Waals surface area contributed by atoms with Crippen LogP contribution >= 0.6 is 0 Å². The van der Waals surface area contributed by atoms with E-state index in [0.717, 1.165) is 0 Å². The molecule has 0 saturated heterocycles. The standard InChI is InChI=1S/C10H16N4O2/c1-3-5-11-7-10(15)12-6-4-9-13-8(2)16-14-9/h3,11H,1,4-7H2,2H3,(H,12,15). The highest BCUT2D eigenvalue weighted by Crippen LogP contribution is 1.94. The van der Waals surface area contributed by atoms with Crippen molar-refractivity contribution >= 4 is 5.91 Å². The van der Waals surface area contributed by atoms with Crippen LogP contribution in [0.4, 0.5) is 0 Å². The van der Waals surface area contributed by atoms with Crippen molar-refractivity contribution in [1.82, 2.24) is 20.8 Å². The Kier molecular flexibility index (Phi) is 5.21. The molecule has 1 amide bonds. The maximum Gasteiger partial charge on any atom is 0.233 e. The van der Waals surface area contributed by atoms with Crippen LogP contribution in [-0.2, 0) is 11.2 Å². The molecule has 1 rings (SSSR count). The monoisotopic (exact) mass is 224 g/mol. The van der Waals surface area contributed by atoms with Gasteiger partial charge in [-0.15, -0.1) is 6.58 Å². The Morgan fingerprint density at radius 2 is 2.44 bits per heavy atom. The molecule has 0 spiro atoms. The second kappa shape index (κ2) is 6.73.